The molecular weight excluding hydrogens is 124 g/mol. The fraction of sp³-hybridized carbons (Fsp3) is 1.00. The molecule has 0 aromatic heterocycles. The molecule has 2 aliphatic rings. The lowest BCUT2D eigenvalue weighted by molar-refractivity contribution is -0.00532. The zero-order valence-corrected chi connectivity index (χ0v) is 6.69. The van der Waals surface area contributed by atoms with E-state index in [1.54, 1.807) is 0 Å². The molecule has 2 rings (SSSR count). The molecule has 2 fully saturated rings. The summed E-state index contributed by atoms with van der Waals surface area (Å²) in [5, 5.41) is 9.75. The molecule has 1 atom stereocenters. The maximum Gasteiger partial charge on any atom is 0.0625 e. The van der Waals surface area contributed by atoms with Gasteiger partial charge in [0.2, 0.25) is 0 Å². The smallest absolute Gasteiger partial charge is 0.0625 e. The number of hydrogen-bond donors (Lipinski definition) is 1. The van der Waals surface area contributed by atoms with Crippen LogP contribution in [0.5, 0.6) is 0 Å². The van der Waals surface area contributed by atoms with Crippen LogP contribution < -0.4 is 0 Å². The van der Waals surface area contributed by atoms with Crippen LogP contribution in [0.3, 0.4) is 0 Å². The van der Waals surface area contributed by atoms with E-state index in [1.165, 1.54) is 25.7 Å². The molecule has 10 heavy (non-hydrogen) atoms. The summed E-state index contributed by atoms with van der Waals surface area (Å²) in [6, 6.07) is 0. The van der Waals surface area contributed by atoms with Crippen LogP contribution in [0.25, 0.3) is 0 Å². The lowest BCUT2D eigenvalue weighted by Crippen LogP contribution is -2.32. The van der Waals surface area contributed by atoms with Crippen molar-refractivity contribution in [1.82, 2.24) is 0 Å². The van der Waals surface area contributed by atoms with Gasteiger partial charge >= 0.3 is 0 Å². The van der Waals surface area contributed by atoms with Crippen LogP contribution >= 0.6 is 0 Å². The number of aliphatic hydroxyl groups is 1. The van der Waals surface area contributed by atoms with Gasteiger partial charge in [-0.05, 0) is 44.4 Å². The molecule has 0 heterocycles. The second-order valence-corrected chi connectivity index (χ2v) is 4.53. The minimum absolute atomic E-state index is 0.325. The van der Waals surface area contributed by atoms with E-state index in [-0.39, 0.29) is 5.60 Å². The quantitative estimate of drug-likeness (QED) is 0.546. The molecule has 58 valence electrons. The van der Waals surface area contributed by atoms with Gasteiger partial charge in [-0.2, -0.15) is 0 Å². The van der Waals surface area contributed by atoms with E-state index in [4.69, 9.17) is 0 Å². The first kappa shape index (κ1) is 6.66. The molecule has 0 aromatic rings. The van der Waals surface area contributed by atoms with Crippen molar-refractivity contribution in [3.8, 4) is 0 Å². The monoisotopic (exact) mass is 140 g/mol. The molecule has 0 aliphatic heterocycles. The maximum atomic E-state index is 9.75. The van der Waals surface area contributed by atoms with Crippen LogP contribution in [0.2, 0.25) is 0 Å². The van der Waals surface area contributed by atoms with Crippen molar-refractivity contribution < 1.29 is 5.11 Å². The zero-order valence-electron chi connectivity index (χ0n) is 6.69. The molecule has 1 heteroatoms. The van der Waals surface area contributed by atoms with Crippen LogP contribution in [0.4, 0.5) is 0 Å². The van der Waals surface area contributed by atoms with E-state index in [1.807, 2.05) is 6.92 Å². The summed E-state index contributed by atoms with van der Waals surface area (Å²) in [4.78, 5) is 0. The van der Waals surface area contributed by atoms with E-state index in [0.717, 1.165) is 12.8 Å². The highest BCUT2D eigenvalue weighted by Gasteiger charge is 2.48. The molecule has 1 unspecified atom stereocenters. The number of rotatable bonds is 0. The predicted molar refractivity (Wildman–Crippen MR) is 40.8 cm³/mol. The molecular formula is C9H16O. The highest BCUT2D eigenvalue weighted by atomic mass is 16.3. The molecule has 0 aromatic carbocycles. The Morgan fingerprint density at radius 2 is 1.80 bits per heavy atom. The Kier molecular flexibility index (Phi) is 1.17. The summed E-state index contributed by atoms with van der Waals surface area (Å²) in [6.07, 6.45) is 7.47. The topological polar surface area (TPSA) is 20.2 Å². The van der Waals surface area contributed by atoms with E-state index in [0.29, 0.717) is 5.41 Å². The summed E-state index contributed by atoms with van der Waals surface area (Å²) in [5.41, 5.74) is 0.288. The third-order valence-electron chi connectivity index (χ3n) is 3.14. The van der Waals surface area contributed by atoms with Crippen molar-refractivity contribution >= 4 is 0 Å². The van der Waals surface area contributed by atoms with E-state index in [9.17, 15) is 5.11 Å². The van der Waals surface area contributed by atoms with Crippen molar-refractivity contribution in [3.63, 3.8) is 0 Å². The van der Waals surface area contributed by atoms with Crippen LogP contribution in [0.1, 0.15) is 45.4 Å². The SMILES string of the molecule is CC1(O)CCCC2(CC2)C1. The van der Waals surface area contributed by atoms with Gasteiger partial charge in [-0.15, -0.1) is 0 Å². The summed E-state index contributed by atoms with van der Waals surface area (Å²) in [7, 11) is 0. The van der Waals surface area contributed by atoms with Crippen LogP contribution in [-0.4, -0.2) is 10.7 Å². The average molecular weight is 140 g/mol. The van der Waals surface area contributed by atoms with Crippen molar-refractivity contribution in [3.05, 3.63) is 0 Å². The first-order valence-corrected chi connectivity index (χ1v) is 4.34. The first-order valence-electron chi connectivity index (χ1n) is 4.34. The Labute approximate surface area is 62.4 Å². The van der Waals surface area contributed by atoms with Gasteiger partial charge in [0.1, 0.15) is 0 Å². The molecule has 2 saturated carbocycles. The Morgan fingerprint density at radius 3 is 2.20 bits per heavy atom. The normalized spacial score (nSPS) is 43.8. The Bertz CT molecular complexity index is 141. The van der Waals surface area contributed by atoms with Crippen LogP contribution in [0.15, 0.2) is 0 Å². The average Bonchev–Trinajstić information content (AvgIpc) is 2.45. The van der Waals surface area contributed by atoms with E-state index in [2.05, 4.69) is 0 Å². The standard InChI is InChI=1S/C9H16O/c1-8(10)3-2-4-9(7-8)5-6-9/h10H,2-7H2,1H3. The Balaban J connectivity index is 2.04. The van der Waals surface area contributed by atoms with Crippen molar-refractivity contribution in [2.24, 2.45) is 5.41 Å². The van der Waals surface area contributed by atoms with E-state index >= 15 is 0 Å². The van der Waals surface area contributed by atoms with Crippen molar-refractivity contribution in [2.45, 2.75) is 51.0 Å². The second-order valence-electron chi connectivity index (χ2n) is 4.53. The highest BCUT2D eigenvalue weighted by molar-refractivity contribution is 5.00. The summed E-state index contributed by atoms with van der Waals surface area (Å²) < 4.78 is 0. The van der Waals surface area contributed by atoms with Gasteiger partial charge in [-0.3, -0.25) is 0 Å². The fourth-order valence-corrected chi connectivity index (χ4v) is 2.43. The van der Waals surface area contributed by atoms with E-state index < -0.39 is 0 Å². The minimum atomic E-state index is -0.325. The maximum absolute atomic E-state index is 9.75. The summed E-state index contributed by atoms with van der Waals surface area (Å²) in [5.74, 6) is 0. The summed E-state index contributed by atoms with van der Waals surface area (Å²) >= 11 is 0. The minimum Gasteiger partial charge on any atom is -0.390 e. The summed E-state index contributed by atoms with van der Waals surface area (Å²) in [6.45, 7) is 1.99. The molecule has 2 aliphatic carbocycles. The van der Waals surface area contributed by atoms with Gasteiger partial charge < -0.3 is 5.11 Å². The van der Waals surface area contributed by atoms with Crippen molar-refractivity contribution in [1.29, 1.82) is 0 Å². The van der Waals surface area contributed by atoms with Gasteiger partial charge in [0.05, 0.1) is 5.60 Å². The van der Waals surface area contributed by atoms with Gasteiger partial charge in [0.25, 0.3) is 0 Å². The lowest BCUT2D eigenvalue weighted by Gasteiger charge is -2.34. The van der Waals surface area contributed by atoms with Crippen LogP contribution in [0, 0.1) is 5.41 Å². The van der Waals surface area contributed by atoms with Gasteiger partial charge in [-0.25, -0.2) is 0 Å². The Morgan fingerprint density at radius 1 is 1.10 bits per heavy atom. The zero-order chi connectivity index (χ0) is 7.24. The molecule has 1 spiro atoms. The van der Waals surface area contributed by atoms with Gasteiger partial charge in [0, 0.05) is 0 Å². The van der Waals surface area contributed by atoms with Gasteiger partial charge in [0.15, 0.2) is 0 Å². The fourth-order valence-electron chi connectivity index (χ4n) is 2.43. The third kappa shape index (κ3) is 1.07. The molecule has 0 bridgehead atoms. The number of hydrogen-bond acceptors (Lipinski definition) is 1. The first-order chi connectivity index (χ1) is 4.62. The molecule has 0 saturated heterocycles. The molecule has 1 nitrogen and oxygen atoms in total. The van der Waals surface area contributed by atoms with Gasteiger partial charge in [-0.1, -0.05) is 6.42 Å². The predicted octanol–water partition coefficient (Wildman–Crippen LogP) is 2.09. The highest BCUT2D eigenvalue weighted by Crippen LogP contribution is 2.58. The third-order valence-corrected chi connectivity index (χ3v) is 3.14. The van der Waals surface area contributed by atoms with Crippen molar-refractivity contribution in [2.75, 3.05) is 0 Å². The molecule has 0 amide bonds. The second kappa shape index (κ2) is 1.76. The largest absolute Gasteiger partial charge is 0.390 e. The Hall–Kier alpha value is -0.0400. The molecule has 1 N–H and O–H groups in total. The molecule has 0 radical (unpaired) electrons. The van der Waals surface area contributed by atoms with Crippen LogP contribution in [-0.2, 0) is 0 Å². The lowest BCUT2D eigenvalue weighted by atomic mass is 9.77.